The number of anilines is 1. The van der Waals surface area contributed by atoms with E-state index in [4.69, 9.17) is 10.5 Å². The molecule has 0 aromatic heterocycles. The molecule has 0 radical (unpaired) electrons. The van der Waals surface area contributed by atoms with Crippen LogP contribution in [0.3, 0.4) is 0 Å². The van der Waals surface area contributed by atoms with E-state index < -0.39 is 12.1 Å². The van der Waals surface area contributed by atoms with E-state index in [-0.39, 0.29) is 12.3 Å². The molecule has 0 saturated carbocycles. The number of methoxy groups -OCH3 is 1. The van der Waals surface area contributed by atoms with E-state index in [0.717, 1.165) is 10.0 Å². The summed E-state index contributed by atoms with van der Waals surface area (Å²) in [5.74, 6) is 0.470. The maximum absolute atomic E-state index is 12.3. The summed E-state index contributed by atoms with van der Waals surface area (Å²) >= 11 is 3.35. The maximum Gasteiger partial charge on any atom is 0.312 e. The van der Waals surface area contributed by atoms with Crippen LogP contribution in [0.4, 0.5) is 10.5 Å². The number of urea groups is 1. The van der Waals surface area contributed by atoms with Crippen molar-refractivity contribution >= 4 is 33.6 Å². The van der Waals surface area contributed by atoms with Gasteiger partial charge in [0, 0.05) is 10.2 Å². The second kappa shape index (κ2) is 8.35. The van der Waals surface area contributed by atoms with E-state index in [9.17, 15) is 9.59 Å². The molecule has 4 N–H and O–H groups in total. The molecule has 3 amide bonds. The van der Waals surface area contributed by atoms with Gasteiger partial charge in [0.05, 0.1) is 19.6 Å². The Morgan fingerprint density at radius 1 is 1.12 bits per heavy atom. The molecule has 0 fully saturated rings. The van der Waals surface area contributed by atoms with Gasteiger partial charge in [0.2, 0.25) is 5.91 Å². The van der Waals surface area contributed by atoms with Crippen LogP contribution >= 0.6 is 15.9 Å². The average Bonchev–Trinajstić information content (AvgIpc) is 2.55. The summed E-state index contributed by atoms with van der Waals surface area (Å²) in [6, 6.07) is 13.1. The van der Waals surface area contributed by atoms with Gasteiger partial charge in [-0.1, -0.05) is 28.1 Å². The van der Waals surface area contributed by atoms with E-state index in [1.165, 1.54) is 0 Å². The second-order valence-corrected chi connectivity index (χ2v) is 6.01. The summed E-state index contributed by atoms with van der Waals surface area (Å²) in [6.07, 6.45) is 0.0661. The zero-order chi connectivity index (χ0) is 17.5. The minimum absolute atomic E-state index is 0.0661. The number of hydrogen-bond acceptors (Lipinski definition) is 3. The molecule has 7 heteroatoms. The lowest BCUT2D eigenvalue weighted by Crippen LogP contribution is -2.35. The highest BCUT2D eigenvalue weighted by Gasteiger charge is 2.17. The number of amides is 3. The fourth-order valence-corrected chi connectivity index (χ4v) is 2.46. The van der Waals surface area contributed by atoms with Crippen LogP contribution in [-0.2, 0) is 4.79 Å². The number of ether oxygens (including phenoxy) is 1. The zero-order valence-electron chi connectivity index (χ0n) is 13.1. The Labute approximate surface area is 148 Å². The molecule has 2 aromatic carbocycles. The van der Waals surface area contributed by atoms with Crippen LogP contribution in [0.15, 0.2) is 53.0 Å². The van der Waals surface area contributed by atoms with Crippen LogP contribution in [0.1, 0.15) is 18.0 Å². The molecule has 0 heterocycles. The van der Waals surface area contributed by atoms with Crippen molar-refractivity contribution in [3.63, 3.8) is 0 Å². The van der Waals surface area contributed by atoms with Crippen LogP contribution in [0, 0.1) is 0 Å². The van der Waals surface area contributed by atoms with Gasteiger partial charge < -0.3 is 21.1 Å². The Morgan fingerprint density at radius 3 is 2.29 bits per heavy atom. The van der Waals surface area contributed by atoms with Gasteiger partial charge in [-0.3, -0.25) is 4.79 Å². The summed E-state index contributed by atoms with van der Waals surface area (Å²) in [7, 11) is 1.58. The Balaban J connectivity index is 2.05. The highest BCUT2D eigenvalue weighted by Crippen LogP contribution is 2.21. The van der Waals surface area contributed by atoms with Gasteiger partial charge in [-0.15, -0.1) is 0 Å². The molecular weight excluding hydrogens is 374 g/mol. The van der Waals surface area contributed by atoms with Crippen molar-refractivity contribution in [3.8, 4) is 5.75 Å². The highest BCUT2D eigenvalue weighted by atomic mass is 79.9. The number of carbonyl (C=O) groups is 2. The Bertz CT molecular complexity index is 702. The van der Waals surface area contributed by atoms with E-state index in [0.29, 0.717) is 11.4 Å². The van der Waals surface area contributed by atoms with Gasteiger partial charge in [-0.05, 0) is 42.0 Å². The molecule has 0 aliphatic carbocycles. The van der Waals surface area contributed by atoms with Gasteiger partial charge in [0.1, 0.15) is 5.75 Å². The largest absolute Gasteiger partial charge is 0.497 e. The molecule has 2 aromatic rings. The van der Waals surface area contributed by atoms with Gasteiger partial charge in [-0.2, -0.15) is 0 Å². The Morgan fingerprint density at radius 2 is 1.75 bits per heavy atom. The summed E-state index contributed by atoms with van der Waals surface area (Å²) in [5.41, 5.74) is 6.66. The number of nitrogens with one attached hydrogen (secondary N) is 2. The third kappa shape index (κ3) is 5.27. The molecule has 0 saturated heterocycles. The van der Waals surface area contributed by atoms with Crippen LogP contribution in [-0.4, -0.2) is 19.0 Å². The molecule has 6 nitrogen and oxygen atoms in total. The lowest BCUT2D eigenvalue weighted by Gasteiger charge is -2.18. The third-order valence-electron chi connectivity index (χ3n) is 3.35. The molecule has 24 heavy (non-hydrogen) atoms. The normalized spacial score (nSPS) is 11.4. The molecular formula is C17H18BrN3O3. The molecule has 126 valence electrons. The minimum Gasteiger partial charge on any atom is -0.497 e. The number of halogens is 1. The van der Waals surface area contributed by atoms with Gasteiger partial charge in [0.25, 0.3) is 0 Å². The average molecular weight is 392 g/mol. The molecule has 0 bridgehead atoms. The van der Waals surface area contributed by atoms with Gasteiger partial charge in [-0.25, -0.2) is 4.79 Å². The number of primary amides is 1. The van der Waals surface area contributed by atoms with Crippen LogP contribution < -0.4 is 21.1 Å². The number of nitrogens with two attached hydrogens (primary N) is 1. The van der Waals surface area contributed by atoms with Crippen molar-refractivity contribution in [2.45, 2.75) is 12.5 Å². The Hall–Kier alpha value is -2.54. The third-order valence-corrected chi connectivity index (χ3v) is 3.88. The number of benzene rings is 2. The van der Waals surface area contributed by atoms with Crippen molar-refractivity contribution in [1.82, 2.24) is 5.32 Å². The van der Waals surface area contributed by atoms with E-state index >= 15 is 0 Å². The number of rotatable bonds is 6. The maximum atomic E-state index is 12.3. The zero-order valence-corrected chi connectivity index (χ0v) is 14.7. The predicted molar refractivity (Wildman–Crippen MR) is 95.8 cm³/mol. The Kier molecular flexibility index (Phi) is 6.20. The first-order chi connectivity index (χ1) is 11.5. The molecule has 2 rings (SSSR count). The van der Waals surface area contributed by atoms with Crippen molar-refractivity contribution in [1.29, 1.82) is 0 Å². The topological polar surface area (TPSA) is 93.4 Å². The van der Waals surface area contributed by atoms with Crippen molar-refractivity contribution < 1.29 is 14.3 Å². The fourth-order valence-electron chi connectivity index (χ4n) is 2.19. The van der Waals surface area contributed by atoms with Crippen molar-refractivity contribution in [2.75, 3.05) is 12.4 Å². The molecule has 0 spiro atoms. The van der Waals surface area contributed by atoms with E-state index in [1.807, 2.05) is 24.3 Å². The highest BCUT2D eigenvalue weighted by molar-refractivity contribution is 9.10. The standard InChI is InChI=1S/C17H18BrN3O3/c1-24-14-8-6-13(7-9-14)20-16(22)10-15(21-17(19)23)11-2-4-12(18)5-3-11/h2-9,15H,10H2,1H3,(H,20,22)(H3,19,21,23). The lowest BCUT2D eigenvalue weighted by atomic mass is 10.0. The van der Waals surface area contributed by atoms with Crippen LogP contribution in [0.5, 0.6) is 5.75 Å². The van der Waals surface area contributed by atoms with Gasteiger partial charge >= 0.3 is 6.03 Å². The molecule has 0 aliphatic heterocycles. The fraction of sp³-hybridized carbons (Fsp3) is 0.176. The lowest BCUT2D eigenvalue weighted by molar-refractivity contribution is -0.116. The quantitative estimate of drug-likeness (QED) is 0.705. The SMILES string of the molecule is COc1ccc(NC(=O)CC(NC(N)=O)c2ccc(Br)cc2)cc1. The van der Waals surface area contributed by atoms with Crippen LogP contribution in [0.2, 0.25) is 0 Å². The summed E-state index contributed by atoms with van der Waals surface area (Å²) in [4.78, 5) is 23.5. The number of hydrogen-bond donors (Lipinski definition) is 3. The van der Waals surface area contributed by atoms with E-state index in [1.54, 1.807) is 31.4 Å². The molecule has 0 aliphatic rings. The van der Waals surface area contributed by atoms with Crippen LogP contribution in [0.25, 0.3) is 0 Å². The molecule has 1 unspecified atom stereocenters. The first-order valence-electron chi connectivity index (χ1n) is 7.23. The predicted octanol–water partition coefficient (Wildman–Crippen LogP) is 3.20. The molecule has 1 atom stereocenters. The minimum atomic E-state index is -0.680. The smallest absolute Gasteiger partial charge is 0.312 e. The first-order valence-corrected chi connectivity index (χ1v) is 8.02. The van der Waals surface area contributed by atoms with Crippen molar-refractivity contribution in [2.24, 2.45) is 5.73 Å². The summed E-state index contributed by atoms with van der Waals surface area (Å²) < 4.78 is 5.98. The summed E-state index contributed by atoms with van der Waals surface area (Å²) in [6.45, 7) is 0. The van der Waals surface area contributed by atoms with Crippen molar-refractivity contribution in [3.05, 3.63) is 58.6 Å². The second-order valence-electron chi connectivity index (χ2n) is 5.09. The summed E-state index contributed by atoms with van der Waals surface area (Å²) in [5, 5.41) is 5.38. The monoisotopic (exact) mass is 391 g/mol. The van der Waals surface area contributed by atoms with Gasteiger partial charge in [0.15, 0.2) is 0 Å². The number of carbonyl (C=O) groups excluding carboxylic acids is 2. The first kappa shape index (κ1) is 17.8. The van der Waals surface area contributed by atoms with E-state index in [2.05, 4.69) is 26.6 Å².